The van der Waals surface area contributed by atoms with Gasteiger partial charge in [-0.05, 0) is 12.5 Å². The van der Waals surface area contributed by atoms with Gasteiger partial charge in [0.1, 0.15) is 0 Å². The van der Waals surface area contributed by atoms with Crippen molar-refractivity contribution in [1.82, 2.24) is 5.32 Å². The van der Waals surface area contributed by atoms with Crippen LogP contribution in [0.5, 0.6) is 0 Å². The van der Waals surface area contributed by atoms with E-state index in [1.807, 2.05) is 37.3 Å². The number of hydrogen-bond acceptors (Lipinski definition) is 1. The smallest absolute Gasteiger partial charge is 0.221 e. The summed E-state index contributed by atoms with van der Waals surface area (Å²) in [5.74, 6) is 0.0817. The maximum Gasteiger partial charge on any atom is 0.221 e. The van der Waals surface area contributed by atoms with Gasteiger partial charge in [-0.2, -0.15) is 0 Å². The molecule has 0 radical (unpaired) electrons. The summed E-state index contributed by atoms with van der Waals surface area (Å²) in [7, 11) is 0. The summed E-state index contributed by atoms with van der Waals surface area (Å²) in [5, 5.41) is 3.64. The molecular weight excluding hydrogens is 242 g/mol. The molecule has 0 saturated heterocycles. The molecule has 76 valence electrons. The highest BCUT2D eigenvalue weighted by molar-refractivity contribution is 9.09. The van der Waals surface area contributed by atoms with Crippen molar-refractivity contribution in [2.24, 2.45) is 0 Å². The maximum atomic E-state index is 11.3. The fourth-order valence-electron chi connectivity index (χ4n) is 1.22. The van der Waals surface area contributed by atoms with Crippen molar-refractivity contribution < 1.29 is 4.79 Å². The number of amides is 1. The molecule has 1 aromatic carbocycles. The van der Waals surface area contributed by atoms with Crippen LogP contribution in [0.15, 0.2) is 30.3 Å². The lowest BCUT2D eigenvalue weighted by molar-refractivity contribution is -0.121. The normalized spacial score (nSPS) is 12.1. The first-order chi connectivity index (χ1) is 6.74. The fourth-order valence-corrected chi connectivity index (χ4v) is 1.58. The number of alkyl halides is 1. The van der Waals surface area contributed by atoms with E-state index in [4.69, 9.17) is 0 Å². The summed E-state index contributed by atoms with van der Waals surface area (Å²) in [5.41, 5.74) is 1.13. The average molecular weight is 256 g/mol. The molecule has 1 amide bonds. The molecule has 0 fully saturated rings. The van der Waals surface area contributed by atoms with Gasteiger partial charge in [0, 0.05) is 11.8 Å². The number of rotatable bonds is 4. The van der Waals surface area contributed by atoms with Crippen LogP contribution in [0.2, 0.25) is 0 Å². The van der Waals surface area contributed by atoms with E-state index in [0.29, 0.717) is 11.8 Å². The Labute approximate surface area is 92.8 Å². The first-order valence-corrected chi connectivity index (χ1v) is 5.76. The van der Waals surface area contributed by atoms with Gasteiger partial charge in [0.2, 0.25) is 5.91 Å². The molecule has 0 aromatic heterocycles. The minimum absolute atomic E-state index is 0.0817. The highest BCUT2D eigenvalue weighted by Crippen LogP contribution is 2.10. The Morgan fingerprint density at radius 2 is 2.07 bits per heavy atom. The molecule has 1 atom stereocenters. The zero-order valence-corrected chi connectivity index (χ0v) is 9.75. The summed E-state index contributed by atoms with van der Waals surface area (Å²) >= 11 is 3.24. The van der Waals surface area contributed by atoms with Crippen molar-refractivity contribution in [3.63, 3.8) is 0 Å². The predicted molar refractivity (Wildman–Crippen MR) is 61.4 cm³/mol. The molecule has 1 aromatic rings. The molecule has 0 aliphatic heterocycles. The molecule has 0 aliphatic carbocycles. The zero-order chi connectivity index (χ0) is 10.4. The molecule has 0 aliphatic rings. The minimum Gasteiger partial charge on any atom is -0.350 e. The third-order valence-electron chi connectivity index (χ3n) is 2.00. The summed E-state index contributed by atoms with van der Waals surface area (Å²) in [6, 6.07) is 10.0. The number of carbonyl (C=O) groups is 1. The Hall–Kier alpha value is -0.830. The van der Waals surface area contributed by atoms with Crippen LogP contribution in [-0.4, -0.2) is 11.2 Å². The lowest BCUT2D eigenvalue weighted by Crippen LogP contribution is -2.26. The molecule has 1 N–H and O–H groups in total. The summed E-state index contributed by atoms with van der Waals surface area (Å²) in [6.07, 6.45) is 0.525. The van der Waals surface area contributed by atoms with Crippen molar-refractivity contribution in [3.05, 3.63) is 35.9 Å². The Kier molecular flexibility index (Phi) is 4.66. The van der Waals surface area contributed by atoms with Gasteiger partial charge < -0.3 is 5.32 Å². The second-order valence-corrected chi connectivity index (χ2v) is 3.93. The van der Waals surface area contributed by atoms with Gasteiger partial charge in [-0.15, -0.1) is 0 Å². The van der Waals surface area contributed by atoms with E-state index < -0.39 is 0 Å². The fraction of sp³-hybridized carbons (Fsp3) is 0.364. The molecule has 0 heterocycles. The van der Waals surface area contributed by atoms with Gasteiger partial charge in [-0.25, -0.2) is 0 Å². The van der Waals surface area contributed by atoms with Crippen LogP contribution in [0, 0.1) is 0 Å². The highest BCUT2D eigenvalue weighted by Gasteiger charge is 2.07. The van der Waals surface area contributed by atoms with Gasteiger partial charge in [0.25, 0.3) is 0 Å². The first-order valence-electron chi connectivity index (χ1n) is 4.64. The van der Waals surface area contributed by atoms with Gasteiger partial charge in [0.15, 0.2) is 0 Å². The lowest BCUT2D eigenvalue weighted by Gasteiger charge is -2.13. The average Bonchev–Trinajstić information content (AvgIpc) is 2.19. The SMILES string of the molecule is C[C@@H](NC(=O)CCBr)c1ccccc1. The largest absolute Gasteiger partial charge is 0.350 e. The van der Waals surface area contributed by atoms with Crippen LogP contribution in [0.25, 0.3) is 0 Å². The van der Waals surface area contributed by atoms with Crippen LogP contribution in [0.4, 0.5) is 0 Å². The van der Waals surface area contributed by atoms with E-state index in [2.05, 4.69) is 21.2 Å². The van der Waals surface area contributed by atoms with Crippen LogP contribution in [0.3, 0.4) is 0 Å². The zero-order valence-electron chi connectivity index (χ0n) is 8.16. The summed E-state index contributed by atoms with van der Waals surface area (Å²) in [6.45, 7) is 1.99. The number of hydrogen-bond donors (Lipinski definition) is 1. The van der Waals surface area contributed by atoms with Gasteiger partial charge in [-0.3, -0.25) is 4.79 Å². The topological polar surface area (TPSA) is 29.1 Å². The van der Waals surface area contributed by atoms with Crippen molar-refractivity contribution in [3.8, 4) is 0 Å². The second-order valence-electron chi connectivity index (χ2n) is 3.14. The van der Waals surface area contributed by atoms with Gasteiger partial charge in [-0.1, -0.05) is 46.3 Å². The minimum atomic E-state index is 0.0817. The van der Waals surface area contributed by atoms with E-state index in [-0.39, 0.29) is 11.9 Å². The Balaban J connectivity index is 2.50. The molecule has 14 heavy (non-hydrogen) atoms. The van der Waals surface area contributed by atoms with E-state index in [1.54, 1.807) is 0 Å². The number of benzene rings is 1. The van der Waals surface area contributed by atoms with Crippen molar-refractivity contribution in [2.75, 3.05) is 5.33 Å². The predicted octanol–water partition coefficient (Wildman–Crippen LogP) is 2.65. The van der Waals surface area contributed by atoms with Crippen molar-refractivity contribution in [1.29, 1.82) is 0 Å². The molecule has 3 heteroatoms. The monoisotopic (exact) mass is 255 g/mol. The molecule has 2 nitrogen and oxygen atoms in total. The molecule has 0 unspecified atom stereocenters. The number of carbonyl (C=O) groups excluding carboxylic acids is 1. The van der Waals surface area contributed by atoms with E-state index in [9.17, 15) is 4.79 Å². The van der Waals surface area contributed by atoms with Crippen LogP contribution in [0.1, 0.15) is 24.9 Å². The third-order valence-corrected chi connectivity index (χ3v) is 2.40. The Morgan fingerprint density at radius 3 is 2.64 bits per heavy atom. The van der Waals surface area contributed by atoms with Crippen LogP contribution >= 0.6 is 15.9 Å². The van der Waals surface area contributed by atoms with Crippen LogP contribution < -0.4 is 5.32 Å². The Morgan fingerprint density at radius 1 is 1.43 bits per heavy atom. The van der Waals surface area contributed by atoms with Gasteiger partial charge >= 0.3 is 0 Å². The number of halogens is 1. The molecule has 1 rings (SSSR count). The summed E-state index contributed by atoms with van der Waals surface area (Å²) < 4.78 is 0. The maximum absolute atomic E-state index is 11.3. The quantitative estimate of drug-likeness (QED) is 0.824. The highest BCUT2D eigenvalue weighted by atomic mass is 79.9. The molecular formula is C11H14BrNO. The van der Waals surface area contributed by atoms with E-state index >= 15 is 0 Å². The standard InChI is InChI=1S/C11H14BrNO/c1-9(13-11(14)7-8-12)10-5-3-2-4-6-10/h2-6,9H,7-8H2,1H3,(H,13,14)/t9-/m1/s1. The third kappa shape index (κ3) is 3.50. The molecule has 0 saturated carbocycles. The van der Waals surface area contributed by atoms with Crippen molar-refractivity contribution in [2.45, 2.75) is 19.4 Å². The van der Waals surface area contributed by atoms with Crippen LogP contribution in [-0.2, 0) is 4.79 Å². The summed E-state index contributed by atoms with van der Waals surface area (Å²) in [4.78, 5) is 11.3. The van der Waals surface area contributed by atoms with E-state index in [1.165, 1.54) is 0 Å². The Bertz CT molecular complexity index is 287. The molecule has 0 spiro atoms. The van der Waals surface area contributed by atoms with Gasteiger partial charge in [0.05, 0.1) is 6.04 Å². The van der Waals surface area contributed by atoms with Crippen molar-refractivity contribution >= 4 is 21.8 Å². The molecule has 0 bridgehead atoms. The second kappa shape index (κ2) is 5.81. The van der Waals surface area contributed by atoms with E-state index in [0.717, 1.165) is 5.56 Å². The first kappa shape index (κ1) is 11.2. The number of nitrogens with one attached hydrogen (secondary N) is 1. The lowest BCUT2D eigenvalue weighted by atomic mass is 10.1.